The fourth-order valence-electron chi connectivity index (χ4n) is 3.17. The van der Waals surface area contributed by atoms with E-state index < -0.39 is 10.0 Å². The van der Waals surface area contributed by atoms with E-state index in [4.69, 9.17) is 21.1 Å². The maximum Gasteiger partial charge on any atom is 0.253 e. The van der Waals surface area contributed by atoms with Gasteiger partial charge in [0.1, 0.15) is 16.5 Å². The highest BCUT2D eigenvalue weighted by Gasteiger charge is 2.32. The largest absolute Gasteiger partial charge is 0.507 e. The van der Waals surface area contributed by atoms with Gasteiger partial charge < -0.3 is 19.5 Å². The fraction of sp³-hybridized carbons (Fsp3) is 0.375. The summed E-state index contributed by atoms with van der Waals surface area (Å²) in [5.41, 5.74) is 0.769. The van der Waals surface area contributed by atoms with Gasteiger partial charge in [-0.1, -0.05) is 11.6 Å². The van der Waals surface area contributed by atoms with Gasteiger partial charge in [-0.15, -0.1) is 11.3 Å². The van der Waals surface area contributed by atoms with Crippen molar-refractivity contribution in [3.63, 3.8) is 0 Å². The summed E-state index contributed by atoms with van der Waals surface area (Å²) < 4.78 is 38.1. The lowest BCUT2D eigenvalue weighted by Crippen LogP contribution is -3.13. The van der Waals surface area contributed by atoms with Crippen LogP contribution in [0.15, 0.2) is 28.5 Å². The Morgan fingerprint density at radius 3 is 2.54 bits per heavy atom. The van der Waals surface area contributed by atoms with E-state index in [0.717, 1.165) is 16.9 Å². The fourth-order valence-corrected chi connectivity index (χ4v) is 6.25. The molecule has 0 bridgehead atoms. The second-order valence-electron chi connectivity index (χ2n) is 6.22. The van der Waals surface area contributed by atoms with Crippen LogP contribution in [-0.4, -0.2) is 50.8 Å². The second-order valence-corrected chi connectivity index (χ2v) is 10.1. The summed E-state index contributed by atoms with van der Waals surface area (Å²) in [5, 5.41) is 10.2. The molecular formula is C16H18ClN2O5S2+. The number of piperazine rings is 1. The van der Waals surface area contributed by atoms with Gasteiger partial charge in [0.15, 0.2) is 11.5 Å². The molecule has 4 rings (SSSR count). The Morgan fingerprint density at radius 1 is 1.19 bits per heavy atom. The number of nitrogens with zero attached hydrogens (tertiary/aromatic N) is 1. The zero-order chi connectivity index (χ0) is 18.3. The molecule has 2 N–H and O–H groups in total. The lowest BCUT2D eigenvalue weighted by atomic mass is 10.1. The Morgan fingerprint density at radius 2 is 1.88 bits per heavy atom. The molecular weight excluding hydrogens is 400 g/mol. The van der Waals surface area contributed by atoms with E-state index in [9.17, 15) is 13.5 Å². The van der Waals surface area contributed by atoms with E-state index in [1.165, 1.54) is 9.21 Å². The summed E-state index contributed by atoms with van der Waals surface area (Å²) in [7, 11) is -3.49. The molecule has 0 aliphatic carbocycles. The van der Waals surface area contributed by atoms with Gasteiger partial charge in [-0.25, -0.2) is 8.42 Å². The number of benzene rings is 1. The lowest BCUT2D eigenvalue weighted by Gasteiger charge is -2.31. The highest BCUT2D eigenvalue weighted by Crippen LogP contribution is 2.37. The van der Waals surface area contributed by atoms with Crippen LogP contribution in [0.25, 0.3) is 0 Å². The van der Waals surface area contributed by atoms with E-state index in [1.54, 1.807) is 24.3 Å². The normalized spacial score (nSPS) is 18.3. The van der Waals surface area contributed by atoms with Crippen molar-refractivity contribution < 1.29 is 27.9 Å². The molecule has 26 heavy (non-hydrogen) atoms. The van der Waals surface area contributed by atoms with E-state index in [-0.39, 0.29) is 16.8 Å². The van der Waals surface area contributed by atoms with E-state index in [2.05, 4.69) is 0 Å². The molecule has 0 saturated carbocycles. The third-order valence-electron chi connectivity index (χ3n) is 4.59. The SMILES string of the molecule is O=S(=O)(c1ccc(Cl)s1)N1CC[NH+](Cc2cc3c(cc2O)OCO3)CC1. The molecule has 0 unspecified atom stereocenters. The standard InChI is InChI=1S/C16H17ClN2O5S2/c17-15-1-2-16(25-15)26(21,22)19-5-3-18(4-6-19)9-11-7-13-14(8-12(11)20)24-10-23-13/h1-2,7-8,20H,3-6,9-10H2/p+1. The van der Waals surface area contributed by atoms with E-state index >= 15 is 0 Å². The number of hydrogen-bond donors (Lipinski definition) is 2. The Labute approximate surface area is 160 Å². The molecule has 2 aliphatic rings. The molecule has 0 spiro atoms. The van der Waals surface area contributed by atoms with Crippen molar-refractivity contribution in [2.45, 2.75) is 10.8 Å². The Kier molecular flexibility index (Phi) is 4.74. The first kappa shape index (κ1) is 17.9. The predicted molar refractivity (Wildman–Crippen MR) is 96.7 cm³/mol. The summed E-state index contributed by atoms with van der Waals surface area (Å²) in [4.78, 5) is 1.20. The monoisotopic (exact) mass is 417 g/mol. The maximum absolute atomic E-state index is 12.6. The first-order valence-electron chi connectivity index (χ1n) is 8.14. The van der Waals surface area contributed by atoms with E-state index in [0.29, 0.717) is 48.6 Å². The van der Waals surface area contributed by atoms with Crippen LogP contribution in [0, 0.1) is 0 Å². The molecule has 7 nitrogen and oxygen atoms in total. The Bertz CT molecular complexity index is 923. The molecule has 140 valence electrons. The van der Waals surface area contributed by atoms with Crippen molar-refractivity contribution in [3.8, 4) is 17.2 Å². The number of halogens is 1. The van der Waals surface area contributed by atoms with Crippen molar-refractivity contribution in [3.05, 3.63) is 34.2 Å². The van der Waals surface area contributed by atoms with Crippen molar-refractivity contribution in [1.29, 1.82) is 0 Å². The average Bonchev–Trinajstić information content (AvgIpc) is 3.24. The summed E-state index contributed by atoms with van der Waals surface area (Å²) in [6.45, 7) is 2.94. The molecule has 1 aromatic carbocycles. The smallest absolute Gasteiger partial charge is 0.253 e. The highest BCUT2D eigenvalue weighted by molar-refractivity contribution is 7.91. The van der Waals surface area contributed by atoms with Crippen molar-refractivity contribution >= 4 is 33.0 Å². The molecule has 0 atom stereocenters. The third-order valence-corrected chi connectivity index (χ3v) is 8.18. The summed E-state index contributed by atoms with van der Waals surface area (Å²) in [5.74, 6) is 1.35. The first-order chi connectivity index (χ1) is 12.4. The van der Waals surface area contributed by atoms with Crippen molar-refractivity contribution in [2.75, 3.05) is 33.0 Å². The van der Waals surface area contributed by atoms with E-state index in [1.807, 2.05) is 0 Å². The number of nitrogens with one attached hydrogen (secondary N) is 1. The summed E-state index contributed by atoms with van der Waals surface area (Å²) in [6.07, 6.45) is 0. The summed E-state index contributed by atoms with van der Waals surface area (Å²) in [6, 6.07) is 6.51. The number of sulfonamides is 1. The number of phenolic OH excluding ortho intramolecular Hbond substituents is 1. The number of phenols is 1. The minimum absolute atomic E-state index is 0.161. The number of fused-ring (bicyclic) bond motifs is 1. The third kappa shape index (κ3) is 3.37. The second kappa shape index (κ2) is 6.90. The predicted octanol–water partition coefficient (Wildman–Crippen LogP) is 0.925. The van der Waals surface area contributed by atoms with Crippen LogP contribution in [0.3, 0.4) is 0 Å². The van der Waals surface area contributed by atoms with Crippen LogP contribution in [0.4, 0.5) is 0 Å². The van der Waals surface area contributed by atoms with Gasteiger partial charge in [-0.05, 0) is 18.2 Å². The minimum Gasteiger partial charge on any atom is -0.507 e. The van der Waals surface area contributed by atoms with Crippen LogP contribution in [0.5, 0.6) is 17.2 Å². The number of quaternary nitrogens is 1. The van der Waals surface area contributed by atoms with Crippen molar-refractivity contribution in [2.24, 2.45) is 0 Å². The van der Waals surface area contributed by atoms with Crippen LogP contribution in [-0.2, 0) is 16.6 Å². The van der Waals surface area contributed by atoms with Gasteiger partial charge in [0.2, 0.25) is 6.79 Å². The first-order valence-corrected chi connectivity index (χ1v) is 10.8. The molecule has 1 saturated heterocycles. The number of aromatic hydroxyl groups is 1. The van der Waals surface area contributed by atoms with Crippen LogP contribution >= 0.6 is 22.9 Å². The molecule has 1 fully saturated rings. The molecule has 10 heteroatoms. The lowest BCUT2D eigenvalue weighted by molar-refractivity contribution is -0.917. The minimum atomic E-state index is -3.49. The van der Waals surface area contributed by atoms with Gasteiger partial charge in [-0.3, -0.25) is 0 Å². The average molecular weight is 418 g/mol. The van der Waals surface area contributed by atoms with Gasteiger partial charge in [0.05, 0.1) is 36.1 Å². The van der Waals surface area contributed by atoms with Gasteiger partial charge >= 0.3 is 0 Å². The quantitative estimate of drug-likeness (QED) is 0.773. The zero-order valence-corrected chi connectivity index (χ0v) is 16.2. The van der Waals surface area contributed by atoms with Gasteiger partial charge in [0.25, 0.3) is 10.0 Å². The number of ether oxygens (including phenoxy) is 2. The zero-order valence-electron chi connectivity index (χ0n) is 13.8. The Balaban J connectivity index is 1.41. The van der Waals surface area contributed by atoms with Crippen molar-refractivity contribution in [1.82, 2.24) is 4.31 Å². The number of hydrogen-bond acceptors (Lipinski definition) is 6. The van der Waals surface area contributed by atoms with Gasteiger partial charge in [-0.2, -0.15) is 4.31 Å². The molecule has 0 amide bonds. The van der Waals surface area contributed by atoms with Crippen LogP contribution < -0.4 is 14.4 Å². The molecule has 1 aromatic heterocycles. The Hall–Kier alpha value is -1.52. The maximum atomic E-state index is 12.6. The summed E-state index contributed by atoms with van der Waals surface area (Å²) >= 11 is 6.94. The van der Waals surface area contributed by atoms with Gasteiger partial charge in [0, 0.05) is 6.07 Å². The number of rotatable bonds is 4. The molecule has 2 aromatic rings. The highest BCUT2D eigenvalue weighted by atomic mass is 35.5. The number of thiophene rings is 1. The topological polar surface area (TPSA) is 80.5 Å². The van der Waals surface area contributed by atoms with Crippen LogP contribution in [0.1, 0.15) is 5.56 Å². The molecule has 3 heterocycles. The molecule has 0 radical (unpaired) electrons. The molecule has 2 aliphatic heterocycles. The van der Waals surface area contributed by atoms with Crippen LogP contribution in [0.2, 0.25) is 4.34 Å².